The summed E-state index contributed by atoms with van der Waals surface area (Å²) in [6.45, 7) is 3.20. The van der Waals surface area contributed by atoms with Gasteiger partial charge in [-0.25, -0.2) is 4.98 Å². The van der Waals surface area contributed by atoms with Gasteiger partial charge in [-0.2, -0.15) is 0 Å². The molecule has 1 aliphatic rings. The van der Waals surface area contributed by atoms with Crippen molar-refractivity contribution in [3.63, 3.8) is 0 Å². The Hall–Kier alpha value is -2.25. The molecule has 0 saturated carbocycles. The number of rotatable bonds is 7. The minimum atomic E-state index is -0.0358. The number of ether oxygens (including phenoxy) is 2. The Morgan fingerprint density at radius 2 is 2.04 bits per heavy atom. The SMILES string of the molecule is CCC(NC(=O)CSCc1nc2ccccc2s1)c1ccc2c(c1)OCCO2. The fourth-order valence-corrected chi connectivity index (χ4v) is 5.00. The largest absolute Gasteiger partial charge is 0.486 e. The van der Waals surface area contributed by atoms with Crippen LogP contribution in [0.5, 0.6) is 11.5 Å². The maximum absolute atomic E-state index is 12.4. The summed E-state index contributed by atoms with van der Waals surface area (Å²) in [5, 5.41) is 4.18. The first-order valence-electron chi connectivity index (χ1n) is 9.34. The van der Waals surface area contributed by atoms with Crippen molar-refractivity contribution in [2.75, 3.05) is 19.0 Å². The minimum Gasteiger partial charge on any atom is -0.486 e. The van der Waals surface area contributed by atoms with Gasteiger partial charge < -0.3 is 14.8 Å². The molecule has 0 fully saturated rings. The highest BCUT2D eigenvalue weighted by Gasteiger charge is 2.17. The summed E-state index contributed by atoms with van der Waals surface area (Å²) in [7, 11) is 0. The number of benzene rings is 2. The van der Waals surface area contributed by atoms with Crippen LogP contribution in [0.1, 0.15) is 30.0 Å². The van der Waals surface area contributed by atoms with Gasteiger partial charge in [0.1, 0.15) is 18.2 Å². The maximum atomic E-state index is 12.4. The number of carbonyl (C=O) groups is 1. The van der Waals surface area contributed by atoms with E-state index in [-0.39, 0.29) is 11.9 Å². The van der Waals surface area contributed by atoms with Crippen molar-refractivity contribution in [2.45, 2.75) is 25.1 Å². The predicted molar refractivity (Wildman–Crippen MR) is 114 cm³/mol. The molecule has 146 valence electrons. The molecular formula is C21H22N2O3S2. The Morgan fingerprint density at radius 1 is 1.21 bits per heavy atom. The van der Waals surface area contributed by atoms with Crippen LogP contribution in [0.2, 0.25) is 0 Å². The Kier molecular flexibility index (Phi) is 6.02. The highest BCUT2D eigenvalue weighted by molar-refractivity contribution is 7.99. The van der Waals surface area contributed by atoms with Gasteiger partial charge in [0.25, 0.3) is 0 Å². The van der Waals surface area contributed by atoms with Crippen molar-refractivity contribution in [3.8, 4) is 11.5 Å². The lowest BCUT2D eigenvalue weighted by Crippen LogP contribution is -2.29. The average molecular weight is 415 g/mol. The van der Waals surface area contributed by atoms with Crippen LogP contribution >= 0.6 is 23.1 Å². The van der Waals surface area contributed by atoms with E-state index < -0.39 is 0 Å². The smallest absolute Gasteiger partial charge is 0.230 e. The van der Waals surface area contributed by atoms with E-state index in [0.717, 1.165) is 39.8 Å². The first-order chi connectivity index (χ1) is 13.7. The highest BCUT2D eigenvalue weighted by Crippen LogP contribution is 2.33. The maximum Gasteiger partial charge on any atom is 0.230 e. The lowest BCUT2D eigenvalue weighted by Gasteiger charge is -2.22. The summed E-state index contributed by atoms with van der Waals surface area (Å²) < 4.78 is 12.4. The van der Waals surface area contributed by atoms with Crippen molar-refractivity contribution >= 4 is 39.2 Å². The van der Waals surface area contributed by atoms with Crippen LogP contribution in [0.3, 0.4) is 0 Å². The summed E-state index contributed by atoms with van der Waals surface area (Å²) in [5.74, 6) is 2.71. The number of para-hydroxylation sites is 1. The minimum absolute atomic E-state index is 0.0350. The Morgan fingerprint density at radius 3 is 2.86 bits per heavy atom. The van der Waals surface area contributed by atoms with Gasteiger partial charge in [-0.05, 0) is 36.2 Å². The molecule has 4 rings (SSSR count). The molecule has 28 heavy (non-hydrogen) atoms. The van der Waals surface area contributed by atoms with Crippen molar-refractivity contribution in [3.05, 3.63) is 53.0 Å². The van der Waals surface area contributed by atoms with E-state index in [1.807, 2.05) is 36.4 Å². The first-order valence-corrected chi connectivity index (χ1v) is 11.3. The summed E-state index contributed by atoms with van der Waals surface area (Å²) in [6.07, 6.45) is 0.813. The van der Waals surface area contributed by atoms with Crippen molar-refractivity contribution in [1.82, 2.24) is 10.3 Å². The Bertz CT molecular complexity index is 940. The second-order valence-corrected chi connectivity index (χ2v) is 8.60. The lowest BCUT2D eigenvalue weighted by atomic mass is 10.0. The van der Waals surface area contributed by atoms with E-state index in [0.29, 0.717) is 19.0 Å². The third-order valence-electron chi connectivity index (χ3n) is 4.51. The highest BCUT2D eigenvalue weighted by atomic mass is 32.2. The third-order valence-corrected chi connectivity index (χ3v) is 6.67. The second-order valence-electron chi connectivity index (χ2n) is 6.50. The molecular weight excluding hydrogens is 392 g/mol. The van der Waals surface area contributed by atoms with Crippen LogP contribution in [0.4, 0.5) is 0 Å². The number of aromatic nitrogens is 1. The molecule has 7 heteroatoms. The number of fused-ring (bicyclic) bond motifs is 2. The molecule has 0 radical (unpaired) electrons. The molecule has 2 heterocycles. The zero-order valence-electron chi connectivity index (χ0n) is 15.6. The van der Waals surface area contributed by atoms with Crippen molar-refractivity contribution < 1.29 is 14.3 Å². The van der Waals surface area contributed by atoms with Gasteiger partial charge in [-0.15, -0.1) is 23.1 Å². The van der Waals surface area contributed by atoms with Gasteiger partial charge in [0.05, 0.1) is 22.0 Å². The number of thiazole rings is 1. The van der Waals surface area contributed by atoms with Gasteiger partial charge in [-0.3, -0.25) is 4.79 Å². The Labute approximate surface area is 172 Å². The number of hydrogen-bond acceptors (Lipinski definition) is 6. The number of nitrogens with one attached hydrogen (secondary N) is 1. The summed E-state index contributed by atoms with van der Waals surface area (Å²) >= 11 is 3.28. The van der Waals surface area contributed by atoms with Crippen molar-refractivity contribution in [1.29, 1.82) is 0 Å². The fourth-order valence-electron chi connectivity index (χ4n) is 3.15. The second kappa shape index (κ2) is 8.84. The topological polar surface area (TPSA) is 60.5 Å². The van der Waals surface area contributed by atoms with Gasteiger partial charge in [-0.1, -0.05) is 25.1 Å². The molecule has 0 bridgehead atoms. The van der Waals surface area contributed by atoms with E-state index >= 15 is 0 Å². The fraction of sp³-hybridized carbons (Fsp3) is 0.333. The Balaban J connectivity index is 1.31. The monoisotopic (exact) mass is 414 g/mol. The molecule has 0 spiro atoms. The summed E-state index contributed by atoms with van der Waals surface area (Å²) in [4.78, 5) is 17.0. The number of hydrogen-bond donors (Lipinski definition) is 1. The molecule has 5 nitrogen and oxygen atoms in total. The van der Waals surface area contributed by atoms with Crippen LogP contribution in [0.25, 0.3) is 10.2 Å². The van der Waals surface area contributed by atoms with Crippen LogP contribution in [-0.4, -0.2) is 29.9 Å². The molecule has 0 saturated heterocycles. The van der Waals surface area contributed by atoms with E-state index in [9.17, 15) is 4.79 Å². The van der Waals surface area contributed by atoms with E-state index in [1.165, 1.54) is 4.70 Å². The molecule has 1 aromatic heterocycles. The molecule has 2 aromatic carbocycles. The molecule has 1 N–H and O–H groups in total. The third kappa shape index (κ3) is 4.42. The number of thioether (sulfide) groups is 1. The number of nitrogens with zero attached hydrogens (tertiary/aromatic N) is 1. The molecule has 1 unspecified atom stereocenters. The normalized spacial score (nSPS) is 14.0. The number of amides is 1. The molecule has 1 amide bonds. The molecule has 0 aliphatic carbocycles. The standard InChI is InChI=1S/C21H22N2O3S2/c1-2-15(14-7-8-17-18(11-14)26-10-9-25-17)22-20(24)12-27-13-21-23-16-5-3-4-6-19(16)28-21/h3-8,11,15H,2,9-10,12-13H2,1H3,(H,22,24). The van der Waals surface area contributed by atoms with Crippen LogP contribution in [-0.2, 0) is 10.5 Å². The van der Waals surface area contributed by atoms with Gasteiger partial charge in [0, 0.05) is 5.75 Å². The quantitative estimate of drug-likeness (QED) is 0.614. The van der Waals surface area contributed by atoms with Crippen LogP contribution in [0.15, 0.2) is 42.5 Å². The zero-order chi connectivity index (χ0) is 19.3. The van der Waals surface area contributed by atoms with E-state index in [1.54, 1.807) is 23.1 Å². The zero-order valence-corrected chi connectivity index (χ0v) is 17.3. The molecule has 1 aliphatic heterocycles. The lowest BCUT2D eigenvalue weighted by molar-refractivity contribution is -0.119. The predicted octanol–water partition coefficient (Wildman–Crippen LogP) is 4.57. The van der Waals surface area contributed by atoms with Gasteiger partial charge in [0.15, 0.2) is 11.5 Å². The first kappa shape index (κ1) is 19.1. The summed E-state index contributed by atoms with van der Waals surface area (Å²) in [6, 6.07) is 14.0. The summed E-state index contributed by atoms with van der Waals surface area (Å²) in [5.41, 5.74) is 2.06. The number of carbonyl (C=O) groups excluding carboxylic acids is 1. The van der Waals surface area contributed by atoms with Gasteiger partial charge >= 0.3 is 0 Å². The average Bonchev–Trinajstić information content (AvgIpc) is 3.14. The van der Waals surface area contributed by atoms with Crippen LogP contribution in [0, 0.1) is 0 Å². The van der Waals surface area contributed by atoms with Crippen LogP contribution < -0.4 is 14.8 Å². The van der Waals surface area contributed by atoms with Crippen molar-refractivity contribution in [2.24, 2.45) is 0 Å². The van der Waals surface area contributed by atoms with E-state index in [2.05, 4.69) is 23.3 Å². The van der Waals surface area contributed by atoms with Gasteiger partial charge in [0.2, 0.25) is 5.91 Å². The molecule has 1 atom stereocenters. The molecule has 3 aromatic rings. The van der Waals surface area contributed by atoms with E-state index in [4.69, 9.17) is 9.47 Å².